The minimum absolute atomic E-state index is 0. The van der Waals surface area contributed by atoms with Gasteiger partial charge in [-0.15, -0.1) is 0 Å². The maximum atomic E-state index is 10.0. The zero-order valence-corrected chi connectivity index (χ0v) is 4.63. The number of esters is 2. The quantitative estimate of drug-likeness (QED) is 0.239. The zero-order chi connectivity index (χ0) is 6.57. The monoisotopic (exact) mass is 142 g/mol. The van der Waals surface area contributed by atoms with Gasteiger partial charge in [-0.05, 0) is 0 Å². The maximum absolute atomic E-state index is 10.0. The van der Waals surface area contributed by atoms with Crippen molar-refractivity contribution in [1.29, 1.82) is 0 Å². The molecule has 0 aliphatic heterocycles. The molecule has 0 aliphatic rings. The molecule has 0 aromatic carbocycles. The molecule has 0 rings (SSSR count). The molecule has 9 heavy (non-hydrogen) atoms. The molecule has 0 radical (unpaired) electrons. The Labute approximate surface area is 74.8 Å². The van der Waals surface area contributed by atoms with Crippen LogP contribution in [-0.2, 0) is 19.1 Å². The summed E-state index contributed by atoms with van der Waals surface area (Å²) in [7, 11) is 2.22. The molecule has 0 saturated heterocycles. The molecule has 5 heteroatoms. The molecule has 4 nitrogen and oxygen atoms in total. The number of carbonyl (C=O) groups excluding carboxylic acids is 2. The van der Waals surface area contributed by atoms with Gasteiger partial charge in [-0.3, -0.25) is 0 Å². The molecule has 0 saturated carbocycles. The van der Waals surface area contributed by atoms with Crippen molar-refractivity contribution in [2.24, 2.45) is 0 Å². The van der Waals surface area contributed by atoms with Gasteiger partial charge in [0, 0.05) is 0 Å². The summed E-state index contributed by atoms with van der Waals surface area (Å²) < 4.78 is 7.98. The van der Waals surface area contributed by atoms with E-state index in [-0.39, 0.29) is 29.6 Å². The number of carbonyl (C=O) groups is 2. The van der Waals surface area contributed by atoms with Gasteiger partial charge in [0.2, 0.25) is 0 Å². The van der Waals surface area contributed by atoms with Crippen LogP contribution in [0.15, 0.2) is 0 Å². The Balaban J connectivity index is 0. The summed E-state index contributed by atoms with van der Waals surface area (Å²) in [6.45, 7) is 0. The van der Waals surface area contributed by atoms with Gasteiger partial charge in [-0.2, -0.15) is 0 Å². The van der Waals surface area contributed by atoms with E-state index in [1.54, 1.807) is 0 Å². The van der Waals surface area contributed by atoms with Gasteiger partial charge in [0.1, 0.15) is 0 Å². The van der Waals surface area contributed by atoms with Crippen LogP contribution in [0, 0.1) is 0 Å². The second kappa shape index (κ2) is 6.07. The van der Waals surface area contributed by atoms with Crippen LogP contribution in [0.4, 0.5) is 0 Å². The van der Waals surface area contributed by atoms with Gasteiger partial charge >= 0.3 is 41.5 Å². The first-order chi connectivity index (χ1) is 3.72. The molecule has 0 bridgehead atoms. The SMILES string of the molecule is COC(=O)C(=O)OC.[NaH]. The number of rotatable bonds is 0. The molecule has 48 valence electrons. The molecule has 0 atom stereocenters. The predicted octanol–water partition coefficient (Wildman–Crippen LogP) is -1.32. The summed E-state index contributed by atoms with van der Waals surface area (Å²) in [5.41, 5.74) is 0. The van der Waals surface area contributed by atoms with E-state index >= 15 is 0 Å². The first-order valence-electron chi connectivity index (χ1n) is 1.88. The summed E-state index contributed by atoms with van der Waals surface area (Å²) in [5.74, 6) is -1.96. The van der Waals surface area contributed by atoms with Crippen LogP contribution in [0.1, 0.15) is 0 Å². The second-order valence-corrected chi connectivity index (χ2v) is 0.983. The van der Waals surface area contributed by atoms with E-state index in [1.165, 1.54) is 0 Å². The van der Waals surface area contributed by atoms with Gasteiger partial charge in [0.05, 0.1) is 14.2 Å². The van der Waals surface area contributed by atoms with Crippen molar-refractivity contribution in [2.75, 3.05) is 14.2 Å². The van der Waals surface area contributed by atoms with Gasteiger partial charge < -0.3 is 9.47 Å². The van der Waals surface area contributed by atoms with Crippen molar-refractivity contribution in [3.8, 4) is 0 Å². The number of ether oxygens (including phenoxy) is 2. The van der Waals surface area contributed by atoms with Gasteiger partial charge in [-0.1, -0.05) is 0 Å². The fourth-order valence-electron chi connectivity index (χ4n) is 0.167. The molecular formula is C4H7NaO4. The fraction of sp³-hybridized carbons (Fsp3) is 0.500. The van der Waals surface area contributed by atoms with Crippen LogP contribution in [0.3, 0.4) is 0 Å². The van der Waals surface area contributed by atoms with E-state index in [0.717, 1.165) is 14.2 Å². The first kappa shape index (κ1) is 11.7. The summed E-state index contributed by atoms with van der Waals surface area (Å²) >= 11 is 0. The van der Waals surface area contributed by atoms with Crippen molar-refractivity contribution in [1.82, 2.24) is 0 Å². The van der Waals surface area contributed by atoms with Gasteiger partial charge in [-0.25, -0.2) is 9.59 Å². The van der Waals surface area contributed by atoms with Gasteiger partial charge in [0.25, 0.3) is 0 Å². The van der Waals surface area contributed by atoms with Gasteiger partial charge in [0.15, 0.2) is 0 Å². The van der Waals surface area contributed by atoms with E-state index < -0.39 is 11.9 Å². The summed E-state index contributed by atoms with van der Waals surface area (Å²) in [4.78, 5) is 20.1. The van der Waals surface area contributed by atoms with Crippen LogP contribution >= 0.6 is 0 Å². The second-order valence-electron chi connectivity index (χ2n) is 0.983. The Morgan fingerprint density at radius 3 is 1.33 bits per heavy atom. The average molecular weight is 142 g/mol. The third-order valence-electron chi connectivity index (χ3n) is 0.537. The molecule has 0 aliphatic carbocycles. The fourth-order valence-corrected chi connectivity index (χ4v) is 0.167. The molecular weight excluding hydrogens is 135 g/mol. The molecule has 0 aromatic rings. The summed E-state index contributed by atoms with van der Waals surface area (Å²) in [6.07, 6.45) is 0. The van der Waals surface area contributed by atoms with Crippen molar-refractivity contribution >= 4 is 41.5 Å². The molecule has 0 N–H and O–H groups in total. The van der Waals surface area contributed by atoms with Crippen LogP contribution < -0.4 is 0 Å². The van der Waals surface area contributed by atoms with Crippen LogP contribution in [-0.4, -0.2) is 55.7 Å². The van der Waals surface area contributed by atoms with Crippen molar-refractivity contribution in [3.63, 3.8) is 0 Å². The van der Waals surface area contributed by atoms with Crippen molar-refractivity contribution < 1.29 is 19.1 Å². The number of hydrogen-bond acceptors (Lipinski definition) is 4. The van der Waals surface area contributed by atoms with Crippen molar-refractivity contribution in [3.05, 3.63) is 0 Å². The third-order valence-corrected chi connectivity index (χ3v) is 0.537. The van der Waals surface area contributed by atoms with E-state index in [9.17, 15) is 9.59 Å². The number of hydrogen-bond donors (Lipinski definition) is 0. The number of methoxy groups -OCH3 is 2. The van der Waals surface area contributed by atoms with E-state index in [1.807, 2.05) is 0 Å². The molecule has 0 aromatic heterocycles. The van der Waals surface area contributed by atoms with Crippen LogP contribution in [0.5, 0.6) is 0 Å². The summed E-state index contributed by atoms with van der Waals surface area (Å²) in [5, 5.41) is 0. The van der Waals surface area contributed by atoms with E-state index in [0.29, 0.717) is 0 Å². The van der Waals surface area contributed by atoms with Crippen LogP contribution in [0.25, 0.3) is 0 Å². The Morgan fingerprint density at radius 1 is 1.00 bits per heavy atom. The van der Waals surface area contributed by atoms with E-state index in [4.69, 9.17) is 0 Å². The first-order valence-corrected chi connectivity index (χ1v) is 1.88. The Morgan fingerprint density at radius 2 is 1.22 bits per heavy atom. The normalized spacial score (nSPS) is 6.89. The van der Waals surface area contributed by atoms with E-state index in [2.05, 4.69) is 9.47 Å². The predicted molar refractivity (Wildman–Crippen MR) is 31.2 cm³/mol. The topological polar surface area (TPSA) is 52.6 Å². The molecule has 0 fully saturated rings. The Bertz CT molecular complexity index is 97.1. The summed E-state index contributed by atoms with van der Waals surface area (Å²) in [6, 6.07) is 0. The molecule has 0 amide bonds. The minimum atomic E-state index is -0.979. The average Bonchev–Trinajstić information content (AvgIpc) is 1.84. The Hall–Kier alpha value is -0.0600. The zero-order valence-electron chi connectivity index (χ0n) is 4.63. The third kappa shape index (κ3) is 4.44. The Kier molecular flexibility index (Phi) is 7.89. The molecule has 0 spiro atoms. The molecule has 0 unspecified atom stereocenters. The van der Waals surface area contributed by atoms with Crippen LogP contribution in [0.2, 0.25) is 0 Å². The standard InChI is InChI=1S/C4H6O4.Na.H/c1-7-3(5)4(6)8-2;;/h1-2H3;;. The van der Waals surface area contributed by atoms with Crippen molar-refractivity contribution in [2.45, 2.75) is 0 Å². The molecule has 0 heterocycles.